The van der Waals surface area contributed by atoms with Crippen LogP contribution in [0.5, 0.6) is 0 Å². The van der Waals surface area contributed by atoms with Gasteiger partial charge in [0.05, 0.1) is 12.4 Å². The number of aromatic nitrogens is 4. The molecule has 2 aromatic heterocycles. The molecule has 0 bridgehead atoms. The highest BCUT2D eigenvalue weighted by atomic mass is 15.3. The molecule has 88 valence electrons. The smallest absolute Gasteiger partial charge is 0.181 e. The maximum absolute atomic E-state index is 4.54. The summed E-state index contributed by atoms with van der Waals surface area (Å²) in [6.07, 6.45) is 4.99. The topological polar surface area (TPSA) is 58.0 Å². The number of hydrogen-bond acceptors (Lipinski definition) is 6. The summed E-state index contributed by atoms with van der Waals surface area (Å²) in [6.45, 7) is 4.10. The summed E-state index contributed by atoms with van der Waals surface area (Å²) >= 11 is 0. The van der Waals surface area contributed by atoms with E-state index in [9.17, 15) is 0 Å². The van der Waals surface area contributed by atoms with E-state index in [1.807, 2.05) is 0 Å². The Morgan fingerprint density at radius 1 is 1.06 bits per heavy atom. The van der Waals surface area contributed by atoms with Crippen LogP contribution >= 0.6 is 0 Å². The summed E-state index contributed by atoms with van der Waals surface area (Å²) in [7, 11) is 2.14. The second-order valence-electron chi connectivity index (χ2n) is 4.25. The van der Waals surface area contributed by atoms with Crippen LogP contribution in [0.15, 0.2) is 18.7 Å². The molecule has 1 fully saturated rings. The predicted molar refractivity (Wildman–Crippen MR) is 64.8 cm³/mol. The van der Waals surface area contributed by atoms with Gasteiger partial charge in [-0.2, -0.15) is 0 Å². The van der Waals surface area contributed by atoms with E-state index in [1.165, 1.54) is 6.33 Å². The highest BCUT2D eigenvalue weighted by Crippen LogP contribution is 2.14. The third-order valence-electron chi connectivity index (χ3n) is 3.04. The van der Waals surface area contributed by atoms with Crippen LogP contribution in [-0.2, 0) is 0 Å². The molecular formula is C11H14N6. The minimum absolute atomic E-state index is 0.651. The lowest BCUT2D eigenvalue weighted by Gasteiger charge is -2.32. The SMILES string of the molecule is CN1CCN(c2cnc3ncncc3n2)CC1. The third kappa shape index (κ3) is 2.03. The van der Waals surface area contributed by atoms with Gasteiger partial charge in [0.2, 0.25) is 0 Å². The standard InChI is InChI=1S/C11H14N6/c1-16-2-4-17(5-3-16)10-7-13-11-9(15-10)6-12-8-14-11/h6-8H,2-5H2,1H3. The summed E-state index contributed by atoms with van der Waals surface area (Å²) < 4.78 is 0. The molecule has 0 amide bonds. The maximum Gasteiger partial charge on any atom is 0.181 e. The quantitative estimate of drug-likeness (QED) is 0.696. The Labute approximate surface area is 99.3 Å². The van der Waals surface area contributed by atoms with Crippen molar-refractivity contribution >= 4 is 17.0 Å². The van der Waals surface area contributed by atoms with Gasteiger partial charge in [0.15, 0.2) is 5.65 Å². The van der Waals surface area contributed by atoms with Gasteiger partial charge in [-0.3, -0.25) is 0 Å². The molecule has 0 aliphatic carbocycles. The molecule has 1 saturated heterocycles. The van der Waals surface area contributed by atoms with E-state index < -0.39 is 0 Å². The molecular weight excluding hydrogens is 216 g/mol. The van der Waals surface area contributed by atoms with E-state index in [4.69, 9.17) is 0 Å². The molecule has 6 heteroatoms. The first kappa shape index (κ1) is 10.3. The Morgan fingerprint density at radius 2 is 1.88 bits per heavy atom. The fourth-order valence-electron chi connectivity index (χ4n) is 1.95. The number of anilines is 1. The zero-order valence-electron chi connectivity index (χ0n) is 9.74. The van der Waals surface area contributed by atoms with E-state index in [0.29, 0.717) is 5.65 Å². The Morgan fingerprint density at radius 3 is 2.71 bits per heavy atom. The second kappa shape index (κ2) is 4.21. The van der Waals surface area contributed by atoms with E-state index >= 15 is 0 Å². The van der Waals surface area contributed by atoms with Crippen molar-refractivity contribution in [3.8, 4) is 0 Å². The van der Waals surface area contributed by atoms with Gasteiger partial charge < -0.3 is 9.80 Å². The number of hydrogen-bond donors (Lipinski definition) is 0. The summed E-state index contributed by atoms with van der Waals surface area (Å²) in [5.74, 6) is 0.917. The third-order valence-corrected chi connectivity index (χ3v) is 3.04. The second-order valence-corrected chi connectivity index (χ2v) is 4.25. The molecule has 0 unspecified atom stereocenters. The summed E-state index contributed by atoms with van der Waals surface area (Å²) in [6, 6.07) is 0. The molecule has 0 spiro atoms. The average molecular weight is 230 g/mol. The van der Waals surface area contributed by atoms with Crippen molar-refractivity contribution in [2.45, 2.75) is 0 Å². The molecule has 2 aromatic rings. The van der Waals surface area contributed by atoms with Gasteiger partial charge in [0.1, 0.15) is 17.7 Å². The van der Waals surface area contributed by atoms with Gasteiger partial charge >= 0.3 is 0 Å². The molecule has 0 N–H and O–H groups in total. The molecule has 0 aromatic carbocycles. The van der Waals surface area contributed by atoms with E-state index in [-0.39, 0.29) is 0 Å². The molecule has 3 heterocycles. The van der Waals surface area contributed by atoms with Crippen LogP contribution in [0.2, 0.25) is 0 Å². The predicted octanol–water partition coefficient (Wildman–Crippen LogP) is 0.172. The van der Waals surface area contributed by atoms with Crippen molar-refractivity contribution in [1.82, 2.24) is 24.8 Å². The Kier molecular flexibility index (Phi) is 2.56. The first-order valence-corrected chi connectivity index (χ1v) is 5.69. The average Bonchev–Trinajstić information content (AvgIpc) is 2.39. The van der Waals surface area contributed by atoms with Crippen molar-refractivity contribution in [3.05, 3.63) is 18.7 Å². The fourth-order valence-corrected chi connectivity index (χ4v) is 1.95. The van der Waals surface area contributed by atoms with Crippen molar-refractivity contribution in [2.24, 2.45) is 0 Å². The van der Waals surface area contributed by atoms with Gasteiger partial charge in [0.25, 0.3) is 0 Å². The van der Waals surface area contributed by atoms with E-state index in [0.717, 1.165) is 37.5 Å². The van der Waals surface area contributed by atoms with Crippen molar-refractivity contribution in [1.29, 1.82) is 0 Å². The van der Waals surface area contributed by atoms with Gasteiger partial charge in [-0.1, -0.05) is 0 Å². The Bertz CT molecular complexity index is 520. The lowest BCUT2D eigenvalue weighted by atomic mass is 10.3. The van der Waals surface area contributed by atoms with Gasteiger partial charge in [-0.15, -0.1) is 0 Å². The Hall–Kier alpha value is -1.82. The van der Waals surface area contributed by atoms with Crippen LogP contribution in [0.1, 0.15) is 0 Å². The first-order valence-electron chi connectivity index (χ1n) is 5.69. The highest BCUT2D eigenvalue weighted by molar-refractivity contribution is 5.69. The molecule has 0 atom stereocenters. The number of fused-ring (bicyclic) bond motifs is 1. The molecule has 0 saturated carbocycles. The molecule has 1 aliphatic heterocycles. The normalized spacial score (nSPS) is 17.6. The van der Waals surface area contributed by atoms with Crippen LogP contribution in [0.4, 0.5) is 5.82 Å². The van der Waals surface area contributed by atoms with Gasteiger partial charge in [-0.05, 0) is 7.05 Å². The van der Waals surface area contributed by atoms with Crippen LogP contribution in [-0.4, -0.2) is 58.1 Å². The number of rotatable bonds is 1. The van der Waals surface area contributed by atoms with Crippen LogP contribution < -0.4 is 4.90 Å². The van der Waals surface area contributed by atoms with Crippen molar-refractivity contribution in [2.75, 3.05) is 38.1 Å². The lowest BCUT2D eigenvalue weighted by molar-refractivity contribution is 0.312. The highest BCUT2D eigenvalue weighted by Gasteiger charge is 2.15. The largest absolute Gasteiger partial charge is 0.353 e. The number of nitrogens with zero attached hydrogens (tertiary/aromatic N) is 6. The molecule has 3 rings (SSSR count). The van der Waals surface area contributed by atoms with E-state index in [1.54, 1.807) is 12.4 Å². The molecule has 1 aliphatic rings. The van der Waals surface area contributed by atoms with Crippen molar-refractivity contribution < 1.29 is 0 Å². The minimum atomic E-state index is 0.651. The molecule has 6 nitrogen and oxygen atoms in total. The van der Waals surface area contributed by atoms with Gasteiger partial charge in [-0.25, -0.2) is 19.9 Å². The molecule has 17 heavy (non-hydrogen) atoms. The monoisotopic (exact) mass is 230 g/mol. The first-order chi connectivity index (χ1) is 8.33. The van der Waals surface area contributed by atoms with Crippen LogP contribution in [0.3, 0.4) is 0 Å². The van der Waals surface area contributed by atoms with Gasteiger partial charge in [0, 0.05) is 26.2 Å². The maximum atomic E-state index is 4.54. The van der Waals surface area contributed by atoms with Crippen LogP contribution in [0.25, 0.3) is 11.2 Å². The number of likely N-dealkylation sites (N-methyl/N-ethyl adjacent to an activating group) is 1. The van der Waals surface area contributed by atoms with Crippen LogP contribution in [0, 0.1) is 0 Å². The number of piperazine rings is 1. The Balaban J connectivity index is 1.90. The fraction of sp³-hybridized carbons (Fsp3) is 0.455. The lowest BCUT2D eigenvalue weighted by Crippen LogP contribution is -2.44. The summed E-state index contributed by atoms with van der Waals surface area (Å²) in [4.78, 5) is 21.5. The zero-order valence-corrected chi connectivity index (χ0v) is 9.74. The molecule has 0 radical (unpaired) electrons. The van der Waals surface area contributed by atoms with Crippen molar-refractivity contribution in [3.63, 3.8) is 0 Å². The van der Waals surface area contributed by atoms with E-state index in [2.05, 4.69) is 36.8 Å². The zero-order chi connectivity index (χ0) is 11.7. The summed E-state index contributed by atoms with van der Waals surface area (Å²) in [5, 5.41) is 0. The minimum Gasteiger partial charge on any atom is -0.353 e. The summed E-state index contributed by atoms with van der Waals surface area (Å²) in [5.41, 5.74) is 1.40.